The normalized spacial score (nSPS) is 10.6. The van der Waals surface area contributed by atoms with E-state index in [1.54, 1.807) is 17.3 Å². The topological polar surface area (TPSA) is 59.2 Å². The molecule has 2 N–H and O–H groups in total. The molecule has 0 saturated heterocycles. The molecule has 2 amide bonds. The van der Waals surface area contributed by atoms with Crippen LogP contribution in [0, 0.1) is 0 Å². The lowest BCUT2D eigenvalue weighted by molar-refractivity contribution is 0.254. The first-order valence-corrected chi connectivity index (χ1v) is 7.69. The van der Waals surface area contributed by atoms with Gasteiger partial charge in [0.1, 0.15) is 0 Å². The van der Waals surface area contributed by atoms with Crippen LogP contribution in [0.4, 0.5) is 10.5 Å². The van der Waals surface area contributed by atoms with Gasteiger partial charge in [0.25, 0.3) is 0 Å². The zero-order chi connectivity index (χ0) is 16.1. The number of benzene rings is 2. The number of carbonyl (C=O) groups excluding carboxylic acids is 1. The summed E-state index contributed by atoms with van der Waals surface area (Å²) in [6, 6.07) is 17.6. The summed E-state index contributed by atoms with van der Waals surface area (Å²) in [6.45, 7) is 0.589. The Morgan fingerprint density at radius 1 is 1.04 bits per heavy atom. The van der Waals surface area contributed by atoms with Crippen molar-refractivity contribution in [3.63, 3.8) is 0 Å². The molecule has 0 atom stereocenters. The van der Waals surface area contributed by atoms with Gasteiger partial charge in [-0.05, 0) is 30.5 Å². The molecule has 3 aromatic rings. The van der Waals surface area contributed by atoms with Gasteiger partial charge in [0, 0.05) is 29.7 Å². The molecule has 4 heteroatoms. The summed E-state index contributed by atoms with van der Waals surface area (Å²) in [5.74, 6) is 0. The fraction of sp³-hybridized carbons (Fsp3) is 0.158. The van der Waals surface area contributed by atoms with Crippen molar-refractivity contribution in [1.82, 2.24) is 4.98 Å². The maximum Gasteiger partial charge on any atom is 0.319 e. The third kappa shape index (κ3) is 3.48. The monoisotopic (exact) mass is 305 g/mol. The van der Waals surface area contributed by atoms with Crippen LogP contribution in [0.15, 0.2) is 67.0 Å². The fourth-order valence-corrected chi connectivity index (χ4v) is 2.78. The highest BCUT2D eigenvalue weighted by molar-refractivity contribution is 6.02. The molecule has 23 heavy (non-hydrogen) atoms. The zero-order valence-corrected chi connectivity index (χ0v) is 12.9. The highest BCUT2D eigenvalue weighted by Crippen LogP contribution is 2.26. The van der Waals surface area contributed by atoms with Crippen molar-refractivity contribution in [2.45, 2.75) is 12.8 Å². The maximum absolute atomic E-state index is 11.9. The Morgan fingerprint density at radius 3 is 2.65 bits per heavy atom. The smallest absolute Gasteiger partial charge is 0.319 e. The molecule has 1 heterocycles. The number of fused-ring (bicyclic) bond motifs is 1. The van der Waals surface area contributed by atoms with E-state index in [4.69, 9.17) is 5.73 Å². The van der Waals surface area contributed by atoms with Crippen LogP contribution in [0.2, 0.25) is 0 Å². The number of anilines is 1. The molecule has 0 spiro atoms. The zero-order valence-electron chi connectivity index (χ0n) is 12.9. The molecule has 2 aromatic carbocycles. The Labute approximate surface area is 135 Å². The van der Waals surface area contributed by atoms with E-state index in [1.165, 1.54) is 5.56 Å². The average molecular weight is 305 g/mol. The average Bonchev–Trinajstić information content (AvgIpc) is 2.59. The van der Waals surface area contributed by atoms with Crippen molar-refractivity contribution >= 4 is 22.5 Å². The van der Waals surface area contributed by atoms with Crippen LogP contribution in [0.5, 0.6) is 0 Å². The largest absolute Gasteiger partial charge is 0.351 e. The van der Waals surface area contributed by atoms with Gasteiger partial charge in [-0.1, -0.05) is 42.5 Å². The van der Waals surface area contributed by atoms with Gasteiger partial charge in [0.2, 0.25) is 0 Å². The minimum atomic E-state index is -0.428. The Balaban J connectivity index is 1.80. The van der Waals surface area contributed by atoms with Crippen LogP contribution in [-0.2, 0) is 6.42 Å². The molecule has 0 aliphatic carbocycles. The van der Waals surface area contributed by atoms with Gasteiger partial charge in [-0.3, -0.25) is 9.88 Å². The number of nitrogens with zero attached hydrogens (tertiary/aromatic N) is 2. The van der Waals surface area contributed by atoms with Gasteiger partial charge in [0.15, 0.2) is 0 Å². The Bertz CT molecular complexity index is 797. The first kappa shape index (κ1) is 15.0. The van der Waals surface area contributed by atoms with Crippen LogP contribution < -0.4 is 10.6 Å². The van der Waals surface area contributed by atoms with E-state index in [-0.39, 0.29) is 0 Å². The van der Waals surface area contributed by atoms with Crippen molar-refractivity contribution in [2.75, 3.05) is 11.4 Å². The third-order valence-electron chi connectivity index (χ3n) is 3.90. The number of hydrogen-bond donors (Lipinski definition) is 1. The molecule has 0 aliphatic heterocycles. The molecule has 4 nitrogen and oxygen atoms in total. The summed E-state index contributed by atoms with van der Waals surface area (Å²) in [4.78, 5) is 17.7. The second-order valence-electron chi connectivity index (χ2n) is 5.45. The molecule has 0 unspecified atom stereocenters. The number of pyridine rings is 1. The van der Waals surface area contributed by atoms with Crippen molar-refractivity contribution in [3.8, 4) is 0 Å². The summed E-state index contributed by atoms with van der Waals surface area (Å²) < 4.78 is 0. The van der Waals surface area contributed by atoms with Crippen molar-refractivity contribution in [1.29, 1.82) is 0 Å². The number of nitrogens with two attached hydrogens (primary N) is 1. The molecule has 116 valence electrons. The molecule has 0 bridgehead atoms. The molecule has 0 saturated carbocycles. The van der Waals surface area contributed by atoms with E-state index in [9.17, 15) is 4.79 Å². The predicted octanol–water partition coefficient (Wildman–Crippen LogP) is 3.75. The highest BCUT2D eigenvalue weighted by Gasteiger charge is 2.14. The molecular weight excluding hydrogens is 286 g/mol. The molecular formula is C19H19N3O. The second-order valence-corrected chi connectivity index (χ2v) is 5.45. The highest BCUT2D eigenvalue weighted by atomic mass is 16.2. The van der Waals surface area contributed by atoms with Crippen molar-refractivity contribution in [2.24, 2.45) is 5.73 Å². The number of aryl methyl sites for hydroxylation is 1. The van der Waals surface area contributed by atoms with E-state index in [2.05, 4.69) is 17.1 Å². The number of primary amides is 1. The number of urea groups is 1. The van der Waals surface area contributed by atoms with Crippen LogP contribution in [0.1, 0.15) is 12.0 Å². The summed E-state index contributed by atoms with van der Waals surface area (Å²) in [5.41, 5.74) is 7.71. The lowest BCUT2D eigenvalue weighted by atomic mass is 10.1. The van der Waals surface area contributed by atoms with Gasteiger partial charge < -0.3 is 5.73 Å². The number of rotatable bonds is 5. The van der Waals surface area contributed by atoms with Gasteiger partial charge in [-0.2, -0.15) is 0 Å². The van der Waals surface area contributed by atoms with Gasteiger partial charge in [-0.25, -0.2) is 4.79 Å². The first-order valence-electron chi connectivity index (χ1n) is 7.69. The third-order valence-corrected chi connectivity index (χ3v) is 3.90. The number of amides is 2. The molecule has 0 fully saturated rings. The predicted molar refractivity (Wildman–Crippen MR) is 93.4 cm³/mol. The van der Waals surface area contributed by atoms with Crippen LogP contribution in [-0.4, -0.2) is 17.6 Å². The van der Waals surface area contributed by atoms with E-state index in [0.717, 1.165) is 29.3 Å². The minimum absolute atomic E-state index is 0.428. The number of carbonyl (C=O) groups is 1. The maximum atomic E-state index is 11.9. The van der Waals surface area contributed by atoms with Crippen molar-refractivity contribution in [3.05, 3.63) is 72.6 Å². The molecule has 0 aliphatic rings. The summed E-state index contributed by atoms with van der Waals surface area (Å²) >= 11 is 0. The van der Waals surface area contributed by atoms with Crippen molar-refractivity contribution < 1.29 is 4.79 Å². The summed E-state index contributed by atoms with van der Waals surface area (Å²) in [5, 5.41) is 1.99. The second kappa shape index (κ2) is 6.92. The van der Waals surface area contributed by atoms with Gasteiger partial charge >= 0.3 is 6.03 Å². The minimum Gasteiger partial charge on any atom is -0.351 e. The van der Waals surface area contributed by atoms with E-state index in [1.807, 2.05) is 42.5 Å². The SMILES string of the molecule is NC(=O)N(CCCc1ccccc1)c1cccc2cnccc12. The quantitative estimate of drug-likeness (QED) is 0.780. The summed E-state index contributed by atoms with van der Waals surface area (Å²) in [6.07, 6.45) is 5.29. The van der Waals surface area contributed by atoms with Crippen LogP contribution >= 0.6 is 0 Å². The standard InChI is InChI=1S/C19H19N3O/c20-19(23)22(13-5-8-15-6-2-1-3-7-15)18-10-4-9-16-14-21-12-11-17(16)18/h1-4,6-7,9-12,14H,5,8,13H2,(H2,20,23). The molecule has 3 rings (SSSR count). The fourth-order valence-electron chi connectivity index (χ4n) is 2.78. The van der Waals surface area contributed by atoms with E-state index in [0.29, 0.717) is 6.54 Å². The van der Waals surface area contributed by atoms with E-state index >= 15 is 0 Å². The first-order chi connectivity index (χ1) is 11.3. The Hall–Kier alpha value is -2.88. The Kier molecular flexibility index (Phi) is 4.52. The summed E-state index contributed by atoms with van der Waals surface area (Å²) in [7, 11) is 0. The number of hydrogen-bond acceptors (Lipinski definition) is 2. The molecule has 1 aromatic heterocycles. The van der Waals surface area contributed by atoms with Gasteiger partial charge in [-0.15, -0.1) is 0 Å². The van der Waals surface area contributed by atoms with Gasteiger partial charge in [0.05, 0.1) is 5.69 Å². The lowest BCUT2D eigenvalue weighted by Crippen LogP contribution is -2.36. The lowest BCUT2D eigenvalue weighted by Gasteiger charge is -2.22. The Morgan fingerprint density at radius 2 is 1.87 bits per heavy atom. The molecule has 0 radical (unpaired) electrons. The van der Waals surface area contributed by atoms with Crippen LogP contribution in [0.25, 0.3) is 10.8 Å². The van der Waals surface area contributed by atoms with E-state index < -0.39 is 6.03 Å². The number of aromatic nitrogens is 1. The van der Waals surface area contributed by atoms with Crippen LogP contribution in [0.3, 0.4) is 0 Å².